The normalized spacial score (nSPS) is 15.7. The summed E-state index contributed by atoms with van der Waals surface area (Å²) in [5.41, 5.74) is -0.207. The molecule has 1 aromatic heterocycles. The molecule has 1 aromatic rings. The summed E-state index contributed by atoms with van der Waals surface area (Å²) in [7, 11) is 1.89. The number of carbonyl (C=O) groups excluding carboxylic acids is 1. The first-order valence-electron chi connectivity index (χ1n) is 6.90. The number of nitrogens with zero attached hydrogens (tertiary/aromatic N) is 4. The lowest BCUT2D eigenvalue weighted by Crippen LogP contribution is -2.45. The Morgan fingerprint density at radius 2 is 2.20 bits per heavy atom. The van der Waals surface area contributed by atoms with Gasteiger partial charge in [-0.25, -0.2) is 4.68 Å². The average molecular weight is 297 g/mol. The predicted octanol–water partition coefficient (Wildman–Crippen LogP) is 1.55. The summed E-state index contributed by atoms with van der Waals surface area (Å²) in [5, 5.41) is 7.24. The highest BCUT2D eigenvalue weighted by Gasteiger charge is 2.25. The second-order valence-electron chi connectivity index (χ2n) is 6.51. The van der Waals surface area contributed by atoms with Crippen LogP contribution < -0.4 is 5.32 Å². The third-order valence-electron chi connectivity index (χ3n) is 3.00. The number of nitrogens with one attached hydrogen (secondary N) is 1. The van der Waals surface area contributed by atoms with Crippen LogP contribution in [-0.4, -0.2) is 44.3 Å². The largest absolute Gasteiger partial charge is 0.350 e. The molecule has 0 unspecified atom stereocenters. The summed E-state index contributed by atoms with van der Waals surface area (Å²) in [6.07, 6.45) is 4.16. The zero-order chi connectivity index (χ0) is 14.9. The Hall–Kier alpha value is -1.21. The molecule has 2 rings (SSSR count). The fourth-order valence-corrected chi connectivity index (χ4v) is 2.33. The fraction of sp³-hybridized carbons (Fsp3) is 0.769. The Morgan fingerprint density at radius 3 is 2.75 bits per heavy atom. The standard InChI is InChI=1S/C13H23N5OS/c1-13(2,3)15-11(19)7-16(4)9-18-12(20)17(8-14-18)10-5-6-10/h8,10H,5-7,9H2,1-4H3,(H,15,19). The lowest BCUT2D eigenvalue weighted by molar-refractivity contribution is -0.123. The monoisotopic (exact) mass is 297 g/mol. The van der Waals surface area contributed by atoms with Crippen molar-refractivity contribution in [1.29, 1.82) is 0 Å². The van der Waals surface area contributed by atoms with Crippen molar-refractivity contribution in [1.82, 2.24) is 24.6 Å². The van der Waals surface area contributed by atoms with Crippen molar-refractivity contribution in [3.8, 4) is 0 Å². The topological polar surface area (TPSA) is 55.1 Å². The van der Waals surface area contributed by atoms with Gasteiger partial charge in [0.1, 0.15) is 6.33 Å². The number of hydrogen-bond acceptors (Lipinski definition) is 4. The van der Waals surface area contributed by atoms with Gasteiger partial charge in [0.2, 0.25) is 5.91 Å². The fourth-order valence-electron chi connectivity index (χ4n) is 2.03. The van der Waals surface area contributed by atoms with Gasteiger partial charge in [-0.3, -0.25) is 9.69 Å². The smallest absolute Gasteiger partial charge is 0.234 e. The van der Waals surface area contributed by atoms with Gasteiger partial charge in [-0.05, 0) is 52.9 Å². The number of carbonyl (C=O) groups is 1. The third kappa shape index (κ3) is 4.14. The lowest BCUT2D eigenvalue weighted by Gasteiger charge is -2.23. The van der Waals surface area contributed by atoms with Crippen LogP contribution in [0, 0.1) is 4.77 Å². The van der Waals surface area contributed by atoms with E-state index in [9.17, 15) is 4.79 Å². The number of aromatic nitrogens is 3. The first-order valence-corrected chi connectivity index (χ1v) is 7.30. The number of hydrogen-bond donors (Lipinski definition) is 1. The molecule has 6 nitrogen and oxygen atoms in total. The van der Waals surface area contributed by atoms with Gasteiger partial charge in [0.05, 0.1) is 13.2 Å². The molecular formula is C13H23N5OS. The van der Waals surface area contributed by atoms with E-state index in [0.717, 1.165) is 4.77 Å². The number of rotatable bonds is 5. The van der Waals surface area contributed by atoms with E-state index < -0.39 is 0 Å². The summed E-state index contributed by atoms with van der Waals surface area (Å²) < 4.78 is 4.53. The molecule has 0 bridgehead atoms. The lowest BCUT2D eigenvalue weighted by atomic mass is 10.1. The minimum Gasteiger partial charge on any atom is -0.350 e. The number of amides is 1. The van der Waals surface area contributed by atoms with Crippen LogP contribution in [-0.2, 0) is 11.5 Å². The second-order valence-corrected chi connectivity index (χ2v) is 6.87. The maximum Gasteiger partial charge on any atom is 0.234 e. The molecule has 0 spiro atoms. The first-order chi connectivity index (χ1) is 9.26. The Morgan fingerprint density at radius 1 is 1.55 bits per heavy atom. The minimum absolute atomic E-state index is 0.00754. The summed E-state index contributed by atoms with van der Waals surface area (Å²) in [6.45, 7) is 6.76. The molecular weight excluding hydrogens is 274 g/mol. The van der Waals surface area contributed by atoms with E-state index in [-0.39, 0.29) is 11.4 Å². The molecule has 1 aliphatic rings. The molecule has 7 heteroatoms. The van der Waals surface area contributed by atoms with Crippen molar-refractivity contribution in [2.75, 3.05) is 13.6 Å². The Balaban J connectivity index is 1.90. The van der Waals surface area contributed by atoms with Crippen molar-refractivity contribution < 1.29 is 4.79 Å². The van der Waals surface area contributed by atoms with Crippen molar-refractivity contribution in [2.24, 2.45) is 0 Å². The van der Waals surface area contributed by atoms with Gasteiger partial charge < -0.3 is 9.88 Å². The maximum atomic E-state index is 11.9. The molecule has 20 heavy (non-hydrogen) atoms. The molecule has 0 aliphatic heterocycles. The Kier molecular flexibility index (Phi) is 4.29. The SMILES string of the molecule is CN(CC(=O)NC(C)(C)C)Cn1ncn(C2CC2)c1=S. The summed E-state index contributed by atoms with van der Waals surface area (Å²) in [5.74, 6) is 0.00754. The highest BCUT2D eigenvalue weighted by atomic mass is 32.1. The van der Waals surface area contributed by atoms with Crippen LogP contribution in [0.15, 0.2) is 6.33 Å². The molecule has 1 fully saturated rings. The van der Waals surface area contributed by atoms with Crippen LogP contribution in [0.25, 0.3) is 0 Å². The van der Waals surface area contributed by atoms with E-state index in [1.165, 1.54) is 12.8 Å². The molecule has 1 heterocycles. The van der Waals surface area contributed by atoms with Gasteiger partial charge in [0.15, 0.2) is 4.77 Å². The maximum absolute atomic E-state index is 11.9. The Labute approximate surface area is 124 Å². The van der Waals surface area contributed by atoms with Crippen LogP contribution in [0.3, 0.4) is 0 Å². The molecule has 1 N–H and O–H groups in total. The molecule has 0 aromatic carbocycles. The molecule has 1 aliphatic carbocycles. The van der Waals surface area contributed by atoms with E-state index >= 15 is 0 Å². The van der Waals surface area contributed by atoms with Gasteiger partial charge in [-0.1, -0.05) is 0 Å². The van der Waals surface area contributed by atoms with Gasteiger partial charge in [-0.15, -0.1) is 0 Å². The summed E-state index contributed by atoms with van der Waals surface area (Å²) >= 11 is 5.40. The zero-order valence-electron chi connectivity index (χ0n) is 12.6. The van der Waals surface area contributed by atoms with Crippen LogP contribution in [0.1, 0.15) is 39.7 Å². The first kappa shape index (κ1) is 15.2. The average Bonchev–Trinajstić information content (AvgIpc) is 3.04. The van der Waals surface area contributed by atoms with Gasteiger partial charge in [0, 0.05) is 11.6 Å². The van der Waals surface area contributed by atoms with E-state index in [1.54, 1.807) is 11.0 Å². The van der Waals surface area contributed by atoms with Crippen LogP contribution in [0.4, 0.5) is 0 Å². The van der Waals surface area contributed by atoms with Crippen molar-refractivity contribution in [3.05, 3.63) is 11.1 Å². The molecule has 0 radical (unpaired) electrons. The van der Waals surface area contributed by atoms with Crippen LogP contribution in [0.5, 0.6) is 0 Å². The Bertz CT molecular complexity index is 538. The minimum atomic E-state index is -0.207. The second kappa shape index (κ2) is 5.65. The molecule has 1 saturated carbocycles. The van der Waals surface area contributed by atoms with Crippen LogP contribution in [0.2, 0.25) is 0 Å². The van der Waals surface area contributed by atoms with Crippen molar-refractivity contribution in [3.63, 3.8) is 0 Å². The highest BCUT2D eigenvalue weighted by Crippen LogP contribution is 2.34. The van der Waals surface area contributed by atoms with E-state index in [2.05, 4.69) is 10.4 Å². The quantitative estimate of drug-likeness (QED) is 0.838. The number of likely N-dealkylation sites (N-methyl/N-ethyl adjacent to an activating group) is 1. The van der Waals surface area contributed by atoms with Gasteiger partial charge in [0.25, 0.3) is 0 Å². The predicted molar refractivity (Wildman–Crippen MR) is 79.8 cm³/mol. The van der Waals surface area contributed by atoms with Gasteiger partial charge in [-0.2, -0.15) is 5.10 Å². The van der Waals surface area contributed by atoms with E-state index in [0.29, 0.717) is 19.3 Å². The van der Waals surface area contributed by atoms with Crippen molar-refractivity contribution >= 4 is 18.1 Å². The zero-order valence-corrected chi connectivity index (χ0v) is 13.4. The molecule has 0 atom stereocenters. The summed E-state index contributed by atoms with van der Waals surface area (Å²) in [4.78, 5) is 13.8. The third-order valence-corrected chi connectivity index (χ3v) is 3.42. The van der Waals surface area contributed by atoms with E-state index in [1.807, 2.05) is 37.3 Å². The molecule has 0 saturated heterocycles. The summed E-state index contributed by atoms with van der Waals surface area (Å²) in [6, 6.07) is 0.533. The van der Waals surface area contributed by atoms with E-state index in [4.69, 9.17) is 12.2 Å². The van der Waals surface area contributed by atoms with Crippen LogP contribution >= 0.6 is 12.2 Å². The van der Waals surface area contributed by atoms with Crippen molar-refractivity contribution in [2.45, 2.75) is 51.9 Å². The highest BCUT2D eigenvalue weighted by molar-refractivity contribution is 7.71. The van der Waals surface area contributed by atoms with Gasteiger partial charge >= 0.3 is 0 Å². The molecule has 112 valence electrons. The molecule has 1 amide bonds.